The van der Waals surface area contributed by atoms with Crippen molar-refractivity contribution in [2.24, 2.45) is 0 Å². The second-order valence-corrected chi connectivity index (χ2v) is 5.95. The first-order valence-electron chi connectivity index (χ1n) is 8.68. The molecule has 0 N–H and O–H groups in total. The summed E-state index contributed by atoms with van der Waals surface area (Å²) >= 11 is 0. The number of nitrogens with zero attached hydrogens (tertiary/aromatic N) is 1. The number of esters is 1. The van der Waals surface area contributed by atoms with Gasteiger partial charge in [0.1, 0.15) is 5.75 Å². The minimum Gasteiger partial charge on any atom is -0.469 e. The normalized spacial score (nSPS) is 15.1. The lowest BCUT2D eigenvalue weighted by atomic mass is 10.1. The number of hydrogen-bond acceptors (Lipinski definition) is 5. The molecule has 8 heteroatoms. The molecule has 0 unspecified atom stereocenters. The first-order valence-corrected chi connectivity index (χ1v) is 8.68. The van der Waals surface area contributed by atoms with Gasteiger partial charge in [0.25, 0.3) is 0 Å². The van der Waals surface area contributed by atoms with Crippen LogP contribution in [0, 0.1) is 0 Å². The van der Waals surface area contributed by atoms with Gasteiger partial charge in [0.05, 0.1) is 13.5 Å². The predicted octanol–water partition coefficient (Wildman–Crippen LogP) is 2.87. The number of methoxy groups -OCH3 is 1. The molecule has 27 heavy (non-hydrogen) atoms. The molecule has 1 heterocycles. The molecule has 1 aliphatic heterocycles. The number of para-hydroxylation sites is 1. The molecule has 0 saturated carbocycles. The fourth-order valence-corrected chi connectivity index (χ4v) is 2.86. The Morgan fingerprint density at radius 3 is 2.67 bits per heavy atom. The maximum Gasteiger partial charge on any atom is 0.387 e. The molecule has 2 rings (SSSR count). The number of alkyl halides is 2. The van der Waals surface area contributed by atoms with E-state index in [0.29, 0.717) is 31.6 Å². The van der Waals surface area contributed by atoms with E-state index in [0.717, 1.165) is 0 Å². The summed E-state index contributed by atoms with van der Waals surface area (Å²) < 4.78 is 39.4. The van der Waals surface area contributed by atoms with Gasteiger partial charge in [0, 0.05) is 37.4 Å². The smallest absolute Gasteiger partial charge is 0.387 e. The minimum atomic E-state index is -2.95. The molecule has 1 aliphatic rings. The number of carbonyl (C=O) groups excluding carboxylic acids is 2. The van der Waals surface area contributed by atoms with Gasteiger partial charge >= 0.3 is 12.6 Å². The Kier molecular flexibility index (Phi) is 8.19. The number of ether oxygens (including phenoxy) is 3. The van der Waals surface area contributed by atoms with E-state index in [4.69, 9.17) is 4.74 Å². The average molecular weight is 383 g/mol. The zero-order valence-electron chi connectivity index (χ0n) is 15.1. The van der Waals surface area contributed by atoms with Crippen LogP contribution >= 0.6 is 0 Å². The highest BCUT2D eigenvalue weighted by Gasteiger charge is 2.25. The molecule has 148 valence electrons. The molecule has 0 radical (unpaired) electrons. The summed E-state index contributed by atoms with van der Waals surface area (Å²) in [6.45, 7) is -1.65. The van der Waals surface area contributed by atoms with Crippen LogP contribution in [0.3, 0.4) is 0 Å². The van der Waals surface area contributed by atoms with Gasteiger partial charge in [0.15, 0.2) is 0 Å². The van der Waals surface area contributed by atoms with Crippen molar-refractivity contribution in [3.63, 3.8) is 0 Å². The van der Waals surface area contributed by atoms with Crippen molar-refractivity contribution in [1.82, 2.24) is 4.90 Å². The standard InChI is InChI=1S/C19H23F2NO5/c1-25-18(24)8-11-22(15-9-12-26-13-10-15)17(23)7-6-14-4-2-3-5-16(14)27-19(20)21/h2-7,15,19H,8-13H2,1H3/b7-6+. The first-order chi connectivity index (χ1) is 13.0. The van der Waals surface area contributed by atoms with Crippen molar-refractivity contribution < 1.29 is 32.6 Å². The maximum absolute atomic E-state index is 12.7. The Morgan fingerprint density at radius 1 is 1.30 bits per heavy atom. The lowest BCUT2D eigenvalue weighted by Crippen LogP contribution is -2.43. The summed E-state index contributed by atoms with van der Waals surface area (Å²) in [5.74, 6) is -0.721. The Labute approximate surface area is 156 Å². The Bertz CT molecular complexity index is 659. The van der Waals surface area contributed by atoms with Gasteiger partial charge in [0.2, 0.25) is 5.91 Å². The van der Waals surface area contributed by atoms with Gasteiger partial charge in [-0.05, 0) is 25.0 Å². The molecule has 1 amide bonds. The lowest BCUT2D eigenvalue weighted by molar-refractivity contribution is -0.142. The van der Waals surface area contributed by atoms with Crippen LogP contribution in [0.15, 0.2) is 30.3 Å². The Hall–Kier alpha value is -2.48. The molecular weight excluding hydrogens is 360 g/mol. The minimum absolute atomic E-state index is 0.0104. The molecule has 0 spiro atoms. The van der Waals surface area contributed by atoms with Crippen molar-refractivity contribution in [3.05, 3.63) is 35.9 Å². The third kappa shape index (κ3) is 6.63. The molecule has 6 nitrogen and oxygen atoms in total. The van der Waals surface area contributed by atoms with E-state index in [1.807, 2.05) is 0 Å². The number of hydrogen-bond donors (Lipinski definition) is 0. The van der Waals surface area contributed by atoms with Crippen molar-refractivity contribution in [2.45, 2.75) is 31.9 Å². The van der Waals surface area contributed by atoms with Crippen molar-refractivity contribution in [1.29, 1.82) is 0 Å². The van der Waals surface area contributed by atoms with Crippen LogP contribution in [0.2, 0.25) is 0 Å². The van der Waals surface area contributed by atoms with E-state index in [2.05, 4.69) is 9.47 Å². The molecule has 0 bridgehead atoms. The lowest BCUT2D eigenvalue weighted by Gasteiger charge is -2.33. The molecule has 0 aromatic heterocycles. The molecule has 1 fully saturated rings. The van der Waals surface area contributed by atoms with Gasteiger partial charge in [-0.1, -0.05) is 18.2 Å². The molecule has 0 aliphatic carbocycles. The zero-order valence-corrected chi connectivity index (χ0v) is 15.1. The maximum atomic E-state index is 12.7. The van der Waals surface area contributed by atoms with Crippen molar-refractivity contribution in [2.75, 3.05) is 26.9 Å². The number of benzene rings is 1. The predicted molar refractivity (Wildman–Crippen MR) is 94.3 cm³/mol. The molecule has 1 aromatic rings. The molecule has 1 saturated heterocycles. The van der Waals surface area contributed by atoms with Crippen LogP contribution in [-0.4, -0.2) is 56.3 Å². The third-order valence-electron chi connectivity index (χ3n) is 4.24. The summed E-state index contributed by atoms with van der Waals surface area (Å²) in [5, 5.41) is 0. The monoisotopic (exact) mass is 383 g/mol. The number of carbonyl (C=O) groups is 2. The van der Waals surface area contributed by atoms with E-state index < -0.39 is 12.6 Å². The summed E-state index contributed by atoms with van der Waals surface area (Å²) in [6.07, 6.45) is 4.17. The Morgan fingerprint density at radius 2 is 2.00 bits per heavy atom. The Balaban J connectivity index is 2.12. The van der Waals surface area contributed by atoms with Crippen LogP contribution < -0.4 is 4.74 Å². The van der Waals surface area contributed by atoms with Gasteiger partial charge in [-0.3, -0.25) is 9.59 Å². The molecular formula is C19H23F2NO5. The van der Waals surface area contributed by atoms with Crippen molar-refractivity contribution in [3.8, 4) is 5.75 Å². The zero-order chi connectivity index (χ0) is 19.6. The second kappa shape index (κ2) is 10.6. The average Bonchev–Trinajstić information content (AvgIpc) is 2.67. The van der Waals surface area contributed by atoms with Gasteiger partial charge in [-0.2, -0.15) is 8.78 Å². The van der Waals surface area contributed by atoms with Gasteiger partial charge in [-0.25, -0.2) is 0 Å². The fraction of sp³-hybridized carbons (Fsp3) is 0.474. The van der Waals surface area contributed by atoms with Crippen LogP contribution in [-0.2, 0) is 19.1 Å². The van der Waals surface area contributed by atoms with E-state index in [1.165, 1.54) is 25.3 Å². The largest absolute Gasteiger partial charge is 0.469 e. The highest BCUT2D eigenvalue weighted by Crippen LogP contribution is 2.22. The van der Waals surface area contributed by atoms with Crippen LogP contribution in [0.1, 0.15) is 24.8 Å². The number of halogens is 2. The quantitative estimate of drug-likeness (QED) is 0.510. The fourth-order valence-electron chi connectivity index (χ4n) is 2.86. The van der Waals surface area contributed by atoms with E-state index in [9.17, 15) is 18.4 Å². The third-order valence-corrected chi connectivity index (χ3v) is 4.24. The van der Waals surface area contributed by atoms with Gasteiger partial charge < -0.3 is 19.1 Å². The summed E-state index contributed by atoms with van der Waals surface area (Å²) in [4.78, 5) is 25.8. The van der Waals surface area contributed by atoms with Crippen LogP contribution in [0.4, 0.5) is 8.78 Å². The van der Waals surface area contributed by atoms with Crippen LogP contribution in [0.25, 0.3) is 6.08 Å². The van der Waals surface area contributed by atoms with E-state index >= 15 is 0 Å². The number of amides is 1. The highest BCUT2D eigenvalue weighted by molar-refractivity contribution is 5.92. The van der Waals surface area contributed by atoms with Gasteiger partial charge in [-0.15, -0.1) is 0 Å². The van der Waals surface area contributed by atoms with E-state index in [1.54, 1.807) is 23.1 Å². The second-order valence-electron chi connectivity index (χ2n) is 5.95. The summed E-state index contributed by atoms with van der Waals surface area (Å²) in [6, 6.07) is 6.17. The first kappa shape index (κ1) is 20.8. The molecule has 1 aromatic carbocycles. The van der Waals surface area contributed by atoms with Crippen LogP contribution in [0.5, 0.6) is 5.75 Å². The number of rotatable bonds is 8. The van der Waals surface area contributed by atoms with E-state index in [-0.39, 0.29) is 30.7 Å². The SMILES string of the molecule is COC(=O)CCN(C(=O)/C=C/c1ccccc1OC(F)F)C1CCOCC1. The molecule has 0 atom stereocenters. The van der Waals surface area contributed by atoms with Crippen molar-refractivity contribution >= 4 is 18.0 Å². The highest BCUT2D eigenvalue weighted by atomic mass is 19.3. The summed E-state index contributed by atoms with van der Waals surface area (Å²) in [5.41, 5.74) is 0.367. The summed E-state index contributed by atoms with van der Waals surface area (Å²) in [7, 11) is 1.29. The topological polar surface area (TPSA) is 65.1 Å².